The van der Waals surface area contributed by atoms with Crippen molar-refractivity contribution >= 4 is 23.2 Å². The molecule has 1 N–H and O–H groups in total. The molecule has 5 heteroatoms. The van der Waals surface area contributed by atoms with Crippen LogP contribution in [0.25, 0.3) is 0 Å². The first-order valence-corrected chi connectivity index (χ1v) is 5.88. The third-order valence-corrected chi connectivity index (χ3v) is 2.74. The van der Waals surface area contributed by atoms with Crippen LogP contribution in [0.15, 0.2) is 42.5 Å². The highest BCUT2D eigenvalue weighted by atomic mass is 35.5. The summed E-state index contributed by atoms with van der Waals surface area (Å²) in [7, 11) is 1.51. The third-order valence-electron chi connectivity index (χ3n) is 2.51. The SMILES string of the molecule is COc1cccc(C(=O)Nc2cc(Cl)ccc2F)c1. The van der Waals surface area contributed by atoms with Crippen LogP contribution in [0, 0.1) is 5.82 Å². The molecule has 19 heavy (non-hydrogen) atoms. The first-order valence-electron chi connectivity index (χ1n) is 5.50. The van der Waals surface area contributed by atoms with Crippen molar-refractivity contribution < 1.29 is 13.9 Å². The quantitative estimate of drug-likeness (QED) is 0.929. The minimum atomic E-state index is -0.541. The molecule has 3 nitrogen and oxygen atoms in total. The number of carbonyl (C=O) groups excluding carboxylic acids is 1. The van der Waals surface area contributed by atoms with E-state index in [1.54, 1.807) is 24.3 Å². The fourth-order valence-electron chi connectivity index (χ4n) is 1.55. The molecular weight excluding hydrogens is 269 g/mol. The molecule has 0 fully saturated rings. The Morgan fingerprint density at radius 1 is 1.26 bits per heavy atom. The maximum absolute atomic E-state index is 13.5. The monoisotopic (exact) mass is 279 g/mol. The maximum Gasteiger partial charge on any atom is 0.255 e. The van der Waals surface area contributed by atoms with Crippen LogP contribution in [0.2, 0.25) is 5.02 Å². The van der Waals surface area contributed by atoms with Gasteiger partial charge in [0.15, 0.2) is 0 Å². The predicted molar refractivity (Wildman–Crippen MR) is 72.4 cm³/mol. The van der Waals surface area contributed by atoms with E-state index in [1.807, 2.05) is 0 Å². The van der Waals surface area contributed by atoms with Gasteiger partial charge < -0.3 is 10.1 Å². The minimum absolute atomic E-state index is 0.0420. The number of halogens is 2. The average molecular weight is 280 g/mol. The molecule has 0 spiro atoms. The third kappa shape index (κ3) is 3.23. The predicted octanol–water partition coefficient (Wildman–Crippen LogP) is 3.74. The van der Waals surface area contributed by atoms with Gasteiger partial charge in [0.05, 0.1) is 12.8 Å². The van der Waals surface area contributed by atoms with Crippen molar-refractivity contribution in [1.82, 2.24) is 0 Å². The van der Waals surface area contributed by atoms with E-state index >= 15 is 0 Å². The molecule has 2 rings (SSSR count). The molecule has 0 saturated heterocycles. The first kappa shape index (κ1) is 13.4. The van der Waals surface area contributed by atoms with Crippen molar-refractivity contribution in [3.63, 3.8) is 0 Å². The number of hydrogen-bond donors (Lipinski definition) is 1. The number of hydrogen-bond acceptors (Lipinski definition) is 2. The Labute approximate surface area is 115 Å². The highest BCUT2D eigenvalue weighted by Gasteiger charge is 2.10. The Bertz CT molecular complexity index is 616. The van der Waals surface area contributed by atoms with Crippen molar-refractivity contribution in [2.75, 3.05) is 12.4 Å². The summed E-state index contributed by atoms with van der Waals surface area (Å²) in [5, 5.41) is 2.81. The number of benzene rings is 2. The van der Waals surface area contributed by atoms with Crippen molar-refractivity contribution in [2.24, 2.45) is 0 Å². The van der Waals surface area contributed by atoms with E-state index in [0.29, 0.717) is 16.3 Å². The standard InChI is InChI=1S/C14H11ClFNO2/c1-19-11-4-2-3-9(7-11)14(18)17-13-8-10(15)5-6-12(13)16/h2-8H,1H3,(H,17,18). The summed E-state index contributed by atoms with van der Waals surface area (Å²) in [5.74, 6) is -0.417. The number of amides is 1. The van der Waals surface area contributed by atoms with Gasteiger partial charge in [-0.15, -0.1) is 0 Å². The van der Waals surface area contributed by atoms with Gasteiger partial charge in [0, 0.05) is 10.6 Å². The van der Waals surface area contributed by atoms with Gasteiger partial charge in [0.2, 0.25) is 0 Å². The summed E-state index contributed by atoms with van der Waals surface area (Å²) in [5.41, 5.74) is 0.416. The van der Waals surface area contributed by atoms with Crippen molar-refractivity contribution in [1.29, 1.82) is 0 Å². The van der Waals surface area contributed by atoms with Gasteiger partial charge in [0.25, 0.3) is 5.91 Å². The van der Waals surface area contributed by atoms with Gasteiger partial charge in [-0.2, -0.15) is 0 Å². The molecule has 0 unspecified atom stereocenters. The molecule has 98 valence electrons. The van der Waals surface area contributed by atoms with Crippen LogP contribution in [0.3, 0.4) is 0 Å². The molecule has 0 atom stereocenters. The number of ether oxygens (including phenoxy) is 1. The van der Waals surface area contributed by atoms with E-state index in [9.17, 15) is 9.18 Å². The van der Waals surface area contributed by atoms with Crippen LogP contribution in [0.4, 0.5) is 10.1 Å². The number of anilines is 1. The summed E-state index contributed by atoms with van der Waals surface area (Å²) < 4.78 is 18.5. The molecule has 1 amide bonds. The van der Waals surface area contributed by atoms with E-state index in [1.165, 1.54) is 25.3 Å². The highest BCUT2D eigenvalue weighted by molar-refractivity contribution is 6.31. The Kier molecular flexibility index (Phi) is 4.02. The van der Waals surface area contributed by atoms with E-state index in [-0.39, 0.29) is 5.69 Å². The lowest BCUT2D eigenvalue weighted by Crippen LogP contribution is -2.13. The summed E-state index contributed by atoms with van der Waals surface area (Å²) in [4.78, 5) is 12.0. The number of carbonyl (C=O) groups is 1. The first-order chi connectivity index (χ1) is 9.10. The zero-order chi connectivity index (χ0) is 13.8. The topological polar surface area (TPSA) is 38.3 Å². The number of nitrogens with one attached hydrogen (secondary N) is 1. The molecule has 0 bridgehead atoms. The largest absolute Gasteiger partial charge is 0.497 e. The van der Waals surface area contributed by atoms with Crippen LogP contribution in [0.5, 0.6) is 5.75 Å². The fraction of sp³-hybridized carbons (Fsp3) is 0.0714. The number of rotatable bonds is 3. The summed E-state index contributed by atoms with van der Waals surface area (Å²) >= 11 is 5.76. The molecule has 0 aliphatic heterocycles. The minimum Gasteiger partial charge on any atom is -0.497 e. The normalized spacial score (nSPS) is 10.1. The fourth-order valence-corrected chi connectivity index (χ4v) is 1.72. The Hall–Kier alpha value is -2.07. The van der Waals surface area contributed by atoms with E-state index in [2.05, 4.69) is 5.32 Å². The zero-order valence-corrected chi connectivity index (χ0v) is 10.9. The van der Waals surface area contributed by atoms with E-state index in [0.717, 1.165) is 0 Å². The summed E-state index contributed by atoms with van der Waals surface area (Å²) in [6.45, 7) is 0. The van der Waals surface area contributed by atoms with Gasteiger partial charge in [0.1, 0.15) is 11.6 Å². The molecule has 0 radical (unpaired) electrons. The van der Waals surface area contributed by atoms with Crippen molar-refractivity contribution in [3.05, 3.63) is 58.9 Å². The Balaban J connectivity index is 2.22. The second kappa shape index (κ2) is 5.71. The molecule has 0 aliphatic carbocycles. The van der Waals surface area contributed by atoms with Crippen LogP contribution in [-0.4, -0.2) is 13.0 Å². The van der Waals surface area contributed by atoms with E-state index in [4.69, 9.17) is 16.3 Å². The van der Waals surface area contributed by atoms with Gasteiger partial charge >= 0.3 is 0 Å². The van der Waals surface area contributed by atoms with Crippen LogP contribution >= 0.6 is 11.6 Å². The van der Waals surface area contributed by atoms with E-state index < -0.39 is 11.7 Å². The Morgan fingerprint density at radius 3 is 2.79 bits per heavy atom. The van der Waals surface area contributed by atoms with Crippen LogP contribution in [0.1, 0.15) is 10.4 Å². The zero-order valence-electron chi connectivity index (χ0n) is 10.1. The molecular formula is C14H11ClFNO2. The molecule has 0 saturated carbocycles. The molecule has 0 heterocycles. The second-order valence-corrected chi connectivity index (χ2v) is 4.25. The van der Waals surface area contributed by atoms with Gasteiger partial charge in [-0.25, -0.2) is 4.39 Å². The summed E-state index contributed by atoms with van der Waals surface area (Å²) in [6, 6.07) is 10.5. The lowest BCUT2D eigenvalue weighted by atomic mass is 10.2. The second-order valence-electron chi connectivity index (χ2n) is 3.81. The van der Waals surface area contributed by atoms with Gasteiger partial charge in [-0.1, -0.05) is 17.7 Å². The molecule has 0 aliphatic rings. The van der Waals surface area contributed by atoms with Gasteiger partial charge in [-0.05, 0) is 36.4 Å². The molecule has 2 aromatic rings. The smallest absolute Gasteiger partial charge is 0.255 e. The van der Waals surface area contributed by atoms with Crippen molar-refractivity contribution in [3.8, 4) is 5.75 Å². The molecule has 0 aromatic heterocycles. The maximum atomic E-state index is 13.5. The Morgan fingerprint density at radius 2 is 2.05 bits per heavy atom. The van der Waals surface area contributed by atoms with Gasteiger partial charge in [-0.3, -0.25) is 4.79 Å². The average Bonchev–Trinajstić information content (AvgIpc) is 2.43. The van der Waals surface area contributed by atoms with Crippen molar-refractivity contribution in [2.45, 2.75) is 0 Å². The highest BCUT2D eigenvalue weighted by Crippen LogP contribution is 2.21. The lowest BCUT2D eigenvalue weighted by Gasteiger charge is -2.08. The van der Waals surface area contributed by atoms with Crippen LogP contribution in [-0.2, 0) is 0 Å². The molecule has 2 aromatic carbocycles. The summed E-state index contributed by atoms with van der Waals surface area (Å²) in [6.07, 6.45) is 0. The van der Waals surface area contributed by atoms with Crippen LogP contribution < -0.4 is 10.1 Å². The lowest BCUT2D eigenvalue weighted by molar-refractivity contribution is 0.102. The number of methoxy groups -OCH3 is 1.